The second-order valence-corrected chi connectivity index (χ2v) is 4.30. The van der Waals surface area contributed by atoms with Crippen molar-refractivity contribution >= 4 is 11.9 Å². The summed E-state index contributed by atoms with van der Waals surface area (Å²) in [7, 11) is 0. The van der Waals surface area contributed by atoms with Crippen molar-refractivity contribution in [1.82, 2.24) is 0 Å². The van der Waals surface area contributed by atoms with Gasteiger partial charge in [0.05, 0.1) is 6.61 Å². The largest absolute Gasteiger partial charge is 0.492 e. The molecule has 104 valence electrons. The van der Waals surface area contributed by atoms with E-state index in [2.05, 4.69) is 0 Å². The average Bonchev–Trinajstić information content (AvgIpc) is 2.33. The molecule has 2 N–H and O–H groups in total. The second-order valence-electron chi connectivity index (χ2n) is 4.30. The lowest BCUT2D eigenvalue weighted by Gasteiger charge is -2.13. The number of benzene rings is 1. The third-order valence-electron chi connectivity index (χ3n) is 2.80. The number of hydrogen-bond acceptors (Lipinski definition) is 3. The van der Waals surface area contributed by atoms with Crippen LogP contribution in [0, 0.1) is 6.92 Å². The average molecular weight is 266 g/mol. The Labute approximate surface area is 111 Å². The molecule has 0 saturated carbocycles. The van der Waals surface area contributed by atoms with Gasteiger partial charge in [-0.2, -0.15) is 0 Å². The number of aryl methyl sites for hydroxylation is 1. The number of carbonyl (C=O) groups is 2. The minimum absolute atomic E-state index is 0.0453. The zero-order valence-electron chi connectivity index (χ0n) is 11.1. The molecule has 0 aromatic heterocycles. The summed E-state index contributed by atoms with van der Waals surface area (Å²) in [5.41, 5.74) is 0.305. The highest BCUT2D eigenvalue weighted by molar-refractivity contribution is 5.99. The smallest absolute Gasteiger partial charge is 0.339 e. The number of aromatic carboxylic acids is 2. The first-order chi connectivity index (χ1) is 8.99. The Morgan fingerprint density at radius 3 is 2.37 bits per heavy atom. The molecular weight excluding hydrogens is 248 g/mol. The second kappa shape index (κ2) is 6.78. The van der Waals surface area contributed by atoms with Gasteiger partial charge >= 0.3 is 11.9 Å². The number of hydrogen-bond donors (Lipinski definition) is 2. The van der Waals surface area contributed by atoms with Crippen LogP contribution in [0.1, 0.15) is 52.5 Å². The predicted octanol–water partition coefficient (Wildman–Crippen LogP) is 2.96. The summed E-state index contributed by atoms with van der Waals surface area (Å²) in [6, 6.07) is 2.85. The summed E-state index contributed by atoms with van der Waals surface area (Å²) in [6.07, 6.45) is 2.73. The van der Waals surface area contributed by atoms with Gasteiger partial charge in [0, 0.05) is 0 Å². The minimum Gasteiger partial charge on any atom is -0.492 e. The summed E-state index contributed by atoms with van der Waals surface area (Å²) >= 11 is 0. The lowest BCUT2D eigenvalue weighted by molar-refractivity contribution is 0.0688. The molecule has 1 aromatic carbocycles. The molecule has 0 saturated heterocycles. The molecule has 0 amide bonds. The van der Waals surface area contributed by atoms with Gasteiger partial charge in [-0.15, -0.1) is 0 Å². The predicted molar refractivity (Wildman–Crippen MR) is 70.1 cm³/mol. The first-order valence-corrected chi connectivity index (χ1v) is 6.22. The molecule has 1 aromatic rings. The van der Waals surface area contributed by atoms with Gasteiger partial charge in [-0.25, -0.2) is 9.59 Å². The first kappa shape index (κ1) is 15.0. The van der Waals surface area contributed by atoms with E-state index in [1.807, 2.05) is 6.92 Å². The summed E-state index contributed by atoms with van der Waals surface area (Å²) in [4.78, 5) is 22.4. The maximum absolute atomic E-state index is 11.2. The van der Waals surface area contributed by atoms with Crippen LogP contribution in [0.25, 0.3) is 0 Å². The maximum Gasteiger partial charge on any atom is 0.339 e. The van der Waals surface area contributed by atoms with Crippen LogP contribution in [0.5, 0.6) is 5.75 Å². The summed E-state index contributed by atoms with van der Waals surface area (Å²) in [5.74, 6) is -2.41. The van der Waals surface area contributed by atoms with Gasteiger partial charge in [0.15, 0.2) is 0 Å². The van der Waals surface area contributed by atoms with Crippen LogP contribution < -0.4 is 4.74 Å². The maximum atomic E-state index is 11.2. The van der Waals surface area contributed by atoms with Gasteiger partial charge in [-0.3, -0.25) is 0 Å². The molecule has 0 aliphatic heterocycles. The SMILES string of the molecule is CCCCCOc1c(C(=O)O)ccc(C)c1C(=O)O. The fourth-order valence-electron chi connectivity index (χ4n) is 1.79. The van der Waals surface area contributed by atoms with E-state index in [4.69, 9.17) is 9.84 Å². The van der Waals surface area contributed by atoms with E-state index in [1.165, 1.54) is 12.1 Å². The van der Waals surface area contributed by atoms with Crippen molar-refractivity contribution in [1.29, 1.82) is 0 Å². The Bertz CT molecular complexity index is 479. The molecule has 5 nitrogen and oxygen atoms in total. The van der Waals surface area contributed by atoms with E-state index >= 15 is 0 Å². The highest BCUT2D eigenvalue weighted by Crippen LogP contribution is 2.28. The van der Waals surface area contributed by atoms with Crippen molar-refractivity contribution in [3.8, 4) is 5.75 Å². The third-order valence-corrected chi connectivity index (χ3v) is 2.80. The van der Waals surface area contributed by atoms with Crippen molar-refractivity contribution in [2.75, 3.05) is 6.61 Å². The van der Waals surface area contributed by atoms with E-state index < -0.39 is 11.9 Å². The van der Waals surface area contributed by atoms with Crippen LogP contribution in [-0.4, -0.2) is 28.8 Å². The molecule has 0 aliphatic rings. The Balaban J connectivity index is 3.11. The molecule has 0 atom stereocenters. The van der Waals surface area contributed by atoms with E-state index in [1.54, 1.807) is 6.92 Å². The molecule has 0 unspecified atom stereocenters. The van der Waals surface area contributed by atoms with Crippen molar-refractivity contribution in [3.63, 3.8) is 0 Å². The molecule has 0 aliphatic carbocycles. The Hall–Kier alpha value is -2.04. The zero-order valence-corrected chi connectivity index (χ0v) is 11.1. The van der Waals surface area contributed by atoms with E-state index in [0.29, 0.717) is 12.2 Å². The topological polar surface area (TPSA) is 83.8 Å². The highest BCUT2D eigenvalue weighted by atomic mass is 16.5. The van der Waals surface area contributed by atoms with Crippen molar-refractivity contribution in [2.24, 2.45) is 0 Å². The van der Waals surface area contributed by atoms with Crippen molar-refractivity contribution < 1.29 is 24.5 Å². The Morgan fingerprint density at radius 1 is 1.16 bits per heavy atom. The summed E-state index contributed by atoms with van der Waals surface area (Å²) in [6.45, 7) is 3.98. The normalized spacial score (nSPS) is 10.2. The Kier molecular flexibility index (Phi) is 5.36. The Morgan fingerprint density at radius 2 is 1.84 bits per heavy atom. The van der Waals surface area contributed by atoms with Gasteiger partial charge < -0.3 is 14.9 Å². The highest BCUT2D eigenvalue weighted by Gasteiger charge is 2.22. The zero-order chi connectivity index (χ0) is 14.4. The third kappa shape index (κ3) is 3.71. The van der Waals surface area contributed by atoms with Gasteiger partial charge in [0.25, 0.3) is 0 Å². The van der Waals surface area contributed by atoms with Gasteiger partial charge in [0.1, 0.15) is 16.9 Å². The van der Waals surface area contributed by atoms with Gasteiger partial charge in [-0.05, 0) is 25.0 Å². The van der Waals surface area contributed by atoms with Gasteiger partial charge in [0.2, 0.25) is 0 Å². The van der Waals surface area contributed by atoms with E-state index in [-0.39, 0.29) is 16.9 Å². The van der Waals surface area contributed by atoms with Gasteiger partial charge in [-0.1, -0.05) is 25.8 Å². The standard InChI is InChI=1S/C14H18O5/c1-3-4-5-8-19-12-10(13(15)16)7-6-9(2)11(12)14(17)18/h6-7H,3-5,8H2,1-2H3,(H,15,16)(H,17,18). The molecule has 19 heavy (non-hydrogen) atoms. The molecule has 0 fully saturated rings. The van der Waals surface area contributed by atoms with Crippen LogP contribution in [0.2, 0.25) is 0 Å². The molecule has 0 bridgehead atoms. The van der Waals surface area contributed by atoms with Crippen molar-refractivity contribution in [2.45, 2.75) is 33.1 Å². The first-order valence-electron chi connectivity index (χ1n) is 6.22. The lowest BCUT2D eigenvalue weighted by Crippen LogP contribution is -2.11. The minimum atomic E-state index is -1.19. The lowest BCUT2D eigenvalue weighted by atomic mass is 10.0. The summed E-state index contributed by atoms with van der Waals surface area (Å²) < 4.78 is 5.41. The molecule has 0 spiro atoms. The number of rotatable bonds is 7. The summed E-state index contributed by atoms with van der Waals surface area (Å²) in [5, 5.41) is 18.3. The number of carboxylic acids is 2. The fraction of sp³-hybridized carbons (Fsp3) is 0.429. The molecular formula is C14H18O5. The molecule has 0 heterocycles. The number of carboxylic acid groups (broad SMARTS) is 2. The molecule has 1 rings (SSSR count). The van der Waals surface area contributed by atoms with Crippen LogP contribution in [-0.2, 0) is 0 Å². The van der Waals surface area contributed by atoms with Crippen LogP contribution in [0.3, 0.4) is 0 Å². The number of ether oxygens (including phenoxy) is 1. The van der Waals surface area contributed by atoms with Crippen LogP contribution >= 0.6 is 0 Å². The monoisotopic (exact) mass is 266 g/mol. The molecule has 5 heteroatoms. The molecule has 0 radical (unpaired) electrons. The van der Waals surface area contributed by atoms with E-state index in [0.717, 1.165) is 19.3 Å². The van der Waals surface area contributed by atoms with E-state index in [9.17, 15) is 14.7 Å². The van der Waals surface area contributed by atoms with Crippen LogP contribution in [0.15, 0.2) is 12.1 Å². The number of unbranched alkanes of at least 4 members (excludes halogenated alkanes) is 2. The quantitative estimate of drug-likeness (QED) is 0.741. The fourth-order valence-corrected chi connectivity index (χ4v) is 1.79. The van der Waals surface area contributed by atoms with Crippen molar-refractivity contribution in [3.05, 3.63) is 28.8 Å². The van der Waals surface area contributed by atoms with Crippen LogP contribution in [0.4, 0.5) is 0 Å².